The van der Waals surface area contributed by atoms with Gasteiger partial charge in [0.15, 0.2) is 5.78 Å². The van der Waals surface area contributed by atoms with Gasteiger partial charge in [-0.05, 0) is 54.6 Å². The van der Waals surface area contributed by atoms with Gasteiger partial charge in [-0.1, -0.05) is 62.2 Å². The summed E-state index contributed by atoms with van der Waals surface area (Å²) < 4.78 is 85.0. The second-order valence-corrected chi connectivity index (χ2v) is 15.9. The van der Waals surface area contributed by atoms with E-state index >= 15 is 0 Å². The highest BCUT2D eigenvalue weighted by atomic mass is 79.9. The molecule has 0 aromatic heterocycles. The fourth-order valence-corrected chi connectivity index (χ4v) is 6.77. The molecule has 0 heterocycles. The molecule has 0 aliphatic heterocycles. The van der Waals surface area contributed by atoms with E-state index < -0.39 is 37.7 Å². The van der Waals surface area contributed by atoms with E-state index in [4.69, 9.17) is 5.73 Å². The van der Waals surface area contributed by atoms with Crippen LogP contribution in [0.15, 0.2) is 93.9 Å². The van der Waals surface area contributed by atoms with Crippen LogP contribution in [0.25, 0.3) is 0 Å². The maximum atomic E-state index is 14.3. The highest BCUT2D eigenvalue weighted by Crippen LogP contribution is 2.27. The van der Waals surface area contributed by atoms with Crippen molar-refractivity contribution in [3.05, 3.63) is 128 Å². The number of methoxy groups -OCH3 is 1. The minimum Gasteiger partial charge on any atom is -0.465 e. The Kier molecular flexibility index (Phi) is 13.4. The van der Waals surface area contributed by atoms with Crippen molar-refractivity contribution in [2.24, 2.45) is 5.73 Å². The van der Waals surface area contributed by atoms with E-state index in [0.717, 1.165) is 33.3 Å². The lowest BCUT2D eigenvalue weighted by molar-refractivity contribution is 0.0600. The molecule has 0 aliphatic carbocycles. The van der Waals surface area contributed by atoms with E-state index in [9.17, 15) is 35.2 Å². The van der Waals surface area contributed by atoms with Gasteiger partial charge in [0.25, 0.3) is 0 Å². The molecule has 4 aromatic rings. The molecule has 4 aromatic carbocycles. The summed E-state index contributed by atoms with van der Waals surface area (Å²) in [5.41, 5.74) is 6.60. The number of halogens is 4. The summed E-state index contributed by atoms with van der Waals surface area (Å²) in [5.74, 6) is -2.38. The van der Waals surface area contributed by atoms with Crippen molar-refractivity contribution in [2.75, 3.05) is 34.8 Å². The zero-order chi connectivity index (χ0) is 35.8. The summed E-state index contributed by atoms with van der Waals surface area (Å²) in [7, 11) is -6.05. The molecule has 4 rings (SSSR count). The molecule has 0 saturated heterocycles. The van der Waals surface area contributed by atoms with Gasteiger partial charge in [0.1, 0.15) is 11.6 Å². The number of anilines is 2. The van der Waals surface area contributed by atoms with Crippen LogP contribution < -0.4 is 14.3 Å². The molecule has 0 aliphatic rings. The smallest absolute Gasteiger partial charge is 0.337 e. The van der Waals surface area contributed by atoms with Crippen LogP contribution in [0.5, 0.6) is 0 Å². The Bertz CT molecular complexity index is 1890. The molecule has 0 spiro atoms. The van der Waals surface area contributed by atoms with Gasteiger partial charge in [0.05, 0.1) is 56.2 Å². The van der Waals surface area contributed by atoms with Crippen LogP contribution in [-0.2, 0) is 37.9 Å². The van der Waals surface area contributed by atoms with Crippen LogP contribution >= 0.6 is 31.9 Å². The Balaban J connectivity index is 0.000000260. The van der Waals surface area contributed by atoms with Crippen molar-refractivity contribution >= 4 is 75.0 Å². The van der Waals surface area contributed by atoms with E-state index in [1.54, 1.807) is 48.5 Å². The summed E-state index contributed by atoms with van der Waals surface area (Å²) in [6.45, 7) is -0.590. The van der Waals surface area contributed by atoms with Crippen molar-refractivity contribution in [2.45, 2.75) is 13.1 Å². The topological polar surface area (TPSA) is 144 Å². The van der Waals surface area contributed by atoms with Crippen LogP contribution in [0, 0.1) is 11.6 Å². The molecular weight excluding hydrogens is 800 g/mol. The number of ketones is 1. The van der Waals surface area contributed by atoms with Gasteiger partial charge < -0.3 is 10.5 Å². The normalized spacial score (nSPS) is 11.2. The number of carbonyl (C=O) groups is 2. The number of nitrogens with zero attached hydrogens (tertiary/aromatic N) is 2. The fraction of sp³-hybridized carbons (Fsp3) is 0.188. The van der Waals surface area contributed by atoms with Crippen LogP contribution in [-0.4, -0.2) is 54.8 Å². The van der Waals surface area contributed by atoms with Crippen molar-refractivity contribution in [1.29, 1.82) is 0 Å². The Morgan fingerprint density at radius 3 is 1.48 bits per heavy atom. The number of benzene rings is 4. The number of hydrogen-bond donors (Lipinski definition) is 1. The molecule has 0 bridgehead atoms. The molecule has 0 fully saturated rings. The summed E-state index contributed by atoms with van der Waals surface area (Å²) in [6.07, 6.45) is 2.10. The standard InChI is InChI=1S/C16H16BrFN2O3S.C16H15BrFNO4S/c1-24(22,23)20(14-4-2-3-13(17)8-14)10-12-6-5-11(7-15(12)18)16(21)9-19;1-23-16(20)11-6-7-12(15(18)8-11)10-19(24(2,21)22)14-5-3-4-13(17)9-14/h2-8H,9-10,19H2,1H3;3-9H,10H2,1-2H3. The molecule has 256 valence electrons. The highest BCUT2D eigenvalue weighted by molar-refractivity contribution is 9.10. The minimum atomic E-state index is -3.63. The molecule has 0 radical (unpaired) electrons. The van der Waals surface area contributed by atoms with Gasteiger partial charge in [-0.3, -0.25) is 13.4 Å². The minimum absolute atomic E-state index is 0.0621. The number of Topliss-reactive ketones (excluding diaryl/α,β-unsaturated/α-hetero) is 1. The predicted octanol–water partition coefficient (Wildman–Crippen LogP) is 6.04. The van der Waals surface area contributed by atoms with Crippen molar-refractivity contribution in [3.63, 3.8) is 0 Å². The van der Waals surface area contributed by atoms with E-state index in [1.165, 1.54) is 31.4 Å². The zero-order valence-corrected chi connectivity index (χ0v) is 30.7. The summed E-state index contributed by atoms with van der Waals surface area (Å²) in [4.78, 5) is 22.9. The van der Waals surface area contributed by atoms with Gasteiger partial charge in [-0.15, -0.1) is 0 Å². The lowest BCUT2D eigenvalue weighted by Gasteiger charge is -2.23. The SMILES string of the molecule is COC(=O)c1ccc(CN(c2cccc(Br)c2)S(C)(=O)=O)c(F)c1.CS(=O)(=O)N(Cc1ccc(C(=O)CN)cc1F)c1cccc(Br)c1. The summed E-state index contributed by atoms with van der Waals surface area (Å²) >= 11 is 6.57. The van der Waals surface area contributed by atoms with E-state index in [0.29, 0.717) is 20.3 Å². The molecule has 16 heteroatoms. The number of nitrogens with two attached hydrogens (primary N) is 1. The second-order valence-electron chi connectivity index (χ2n) is 10.2. The Morgan fingerprint density at radius 1 is 0.708 bits per heavy atom. The number of ether oxygens (including phenoxy) is 1. The lowest BCUT2D eigenvalue weighted by Crippen LogP contribution is -2.29. The number of esters is 1. The van der Waals surface area contributed by atoms with E-state index in [-0.39, 0.29) is 47.7 Å². The highest BCUT2D eigenvalue weighted by Gasteiger charge is 2.22. The molecule has 0 unspecified atom stereocenters. The predicted molar refractivity (Wildman–Crippen MR) is 188 cm³/mol. The van der Waals surface area contributed by atoms with E-state index in [2.05, 4.69) is 36.6 Å². The maximum absolute atomic E-state index is 14.3. The molecule has 48 heavy (non-hydrogen) atoms. The van der Waals surface area contributed by atoms with Crippen LogP contribution in [0.4, 0.5) is 20.2 Å². The number of sulfonamides is 2. The zero-order valence-electron chi connectivity index (χ0n) is 25.9. The number of rotatable bonds is 11. The summed E-state index contributed by atoms with van der Waals surface area (Å²) in [5, 5.41) is 0. The van der Waals surface area contributed by atoms with Gasteiger partial charge in [-0.2, -0.15) is 0 Å². The first-order chi connectivity index (χ1) is 22.4. The molecule has 0 atom stereocenters. The average molecular weight is 832 g/mol. The van der Waals surface area contributed by atoms with Gasteiger partial charge >= 0.3 is 5.97 Å². The van der Waals surface area contributed by atoms with Crippen molar-refractivity contribution in [1.82, 2.24) is 0 Å². The quantitative estimate of drug-likeness (QED) is 0.143. The third-order valence-corrected chi connectivity index (χ3v) is 9.92. The molecule has 10 nitrogen and oxygen atoms in total. The second kappa shape index (κ2) is 16.6. The average Bonchev–Trinajstić information content (AvgIpc) is 3.01. The fourth-order valence-electron chi connectivity index (χ4n) is 4.26. The Hall–Kier alpha value is -3.70. The van der Waals surface area contributed by atoms with E-state index in [1.807, 2.05) is 0 Å². The first kappa shape index (κ1) is 38.7. The van der Waals surface area contributed by atoms with Crippen LogP contribution in [0.1, 0.15) is 31.8 Å². The Morgan fingerprint density at radius 2 is 1.12 bits per heavy atom. The van der Waals surface area contributed by atoms with Crippen LogP contribution in [0.2, 0.25) is 0 Å². The van der Waals surface area contributed by atoms with Crippen LogP contribution in [0.3, 0.4) is 0 Å². The lowest BCUT2D eigenvalue weighted by atomic mass is 10.1. The molecule has 0 saturated carbocycles. The number of hydrogen-bond acceptors (Lipinski definition) is 8. The monoisotopic (exact) mass is 829 g/mol. The first-order valence-corrected chi connectivity index (χ1v) is 19.1. The Labute approximate surface area is 294 Å². The third kappa shape index (κ3) is 10.7. The first-order valence-electron chi connectivity index (χ1n) is 13.8. The van der Waals surface area contributed by atoms with Gasteiger partial charge in [0.2, 0.25) is 20.0 Å². The maximum Gasteiger partial charge on any atom is 0.337 e. The molecule has 2 N–H and O–H groups in total. The van der Waals surface area contributed by atoms with Crippen molar-refractivity contribution < 1.29 is 39.9 Å². The van der Waals surface area contributed by atoms with Gasteiger partial charge in [-0.25, -0.2) is 30.4 Å². The molecule has 0 amide bonds. The number of carbonyl (C=O) groups excluding carboxylic acids is 2. The van der Waals surface area contributed by atoms with Crippen molar-refractivity contribution in [3.8, 4) is 0 Å². The third-order valence-electron chi connectivity index (χ3n) is 6.66. The largest absolute Gasteiger partial charge is 0.465 e. The summed E-state index contributed by atoms with van der Waals surface area (Å²) in [6, 6.07) is 21.1. The molecular formula is C32H31Br2F2N3O7S2. The van der Waals surface area contributed by atoms with Gasteiger partial charge in [0, 0.05) is 25.6 Å².